The van der Waals surface area contributed by atoms with Gasteiger partial charge in [-0.25, -0.2) is 0 Å². The summed E-state index contributed by atoms with van der Waals surface area (Å²) in [4.78, 5) is 20.8. The Hall–Kier alpha value is -0.400. The summed E-state index contributed by atoms with van der Waals surface area (Å²) in [5, 5.41) is -1.28. The van der Waals surface area contributed by atoms with E-state index in [1.807, 2.05) is 0 Å². The fraction of sp³-hybridized carbons (Fsp3) is 0.939. The largest absolute Gasteiger partial charge is 0.361 e. The number of nitrogens with zero attached hydrogens (tertiary/aromatic N) is 1. The molecule has 0 saturated heterocycles. The van der Waals surface area contributed by atoms with Gasteiger partial charge in [-0.15, -0.1) is 0 Å². The Bertz CT molecular complexity index is 400. The van der Waals surface area contributed by atoms with Crippen LogP contribution in [0.1, 0.15) is 183 Å². The minimum absolute atomic E-state index is 0. The number of carbonyl (C=O) groups is 2. The fourth-order valence-corrected chi connectivity index (χ4v) is 4.10. The van der Waals surface area contributed by atoms with Crippen LogP contribution in [0.2, 0.25) is 0 Å². The second-order valence-corrected chi connectivity index (χ2v) is 11.4. The lowest BCUT2D eigenvalue weighted by atomic mass is 10.0. The minimum Gasteiger partial charge on any atom is -0.361 e. The van der Waals surface area contributed by atoms with Crippen molar-refractivity contribution in [1.82, 2.24) is 4.90 Å². The molecule has 7 heteroatoms. The van der Waals surface area contributed by atoms with Crippen LogP contribution in [0.25, 0.3) is 0 Å². The van der Waals surface area contributed by atoms with Crippen molar-refractivity contribution in [3.05, 3.63) is 0 Å². The standard InChI is InChI=1S/C18H38.C12H27N.2CH3NOS.CH4/c1-3-5-7-9-11-13-15-17-18-16-14-12-10-8-6-4-2;1-4-7-10-13(11-8-5-2)12-9-6-3;2*2-1(3)4;/h3-18H2,1-2H3;4-12H2,1-3H3;2*(H3,2,3,4);1H4. The van der Waals surface area contributed by atoms with E-state index in [1.54, 1.807) is 0 Å². The van der Waals surface area contributed by atoms with Crippen molar-refractivity contribution in [3.63, 3.8) is 0 Å². The highest BCUT2D eigenvalue weighted by atomic mass is 32.1. The molecule has 0 heterocycles. The molecule has 0 atom stereocenters. The van der Waals surface area contributed by atoms with Gasteiger partial charge in [0.2, 0.25) is 0 Å². The molecule has 0 aliphatic carbocycles. The van der Waals surface area contributed by atoms with Gasteiger partial charge < -0.3 is 16.4 Å². The van der Waals surface area contributed by atoms with E-state index in [9.17, 15) is 0 Å². The number of rotatable bonds is 24. The van der Waals surface area contributed by atoms with Crippen LogP contribution in [0.4, 0.5) is 9.59 Å². The summed E-state index contributed by atoms with van der Waals surface area (Å²) in [6, 6.07) is 0. The Balaban J connectivity index is -0.000000161. The van der Waals surface area contributed by atoms with Crippen molar-refractivity contribution in [1.29, 1.82) is 0 Å². The van der Waals surface area contributed by atoms with Crippen LogP contribution < -0.4 is 11.5 Å². The molecule has 0 aliphatic heterocycles. The number of unbranched alkanes of at least 4 members (excludes halogenated alkanes) is 18. The Morgan fingerprint density at radius 2 is 0.575 bits per heavy atom. The zero-order valence-corrected chi connectivity index (χ0v) is 28.8. The van der Waals surface area contributed by atoms with Gasteiger partial charge in [0, 0.05) is 0 Å². The maximum absolute atomic E-state index is 9.09. The highest BCUT2D eigenvalue weighted by molar-refractivity contribution is 7.96. The van der Waals surface area contributed by atoms with Crippen LogP contribution in [-0.4, -0.2) is 35.0 Å². The molecule has 4 N–H and O–H groups in total. The van der Waals surface area contributed by atoms with E-state index in [1.165, 1.54) is 161 Å². The summed E-state index contributed by atoms with van der Waals surface area (Å²) >= 11 is 6.21. The summed E-state index contributed by atoms with van der Waals surface area (Å²) in [7, 11) is 0. The van der Waals surface area contributed by atoms with Gasteiger partial charge in [-0.3, -0.25) is 9.59 Å². The highest BCUT2D eigenvalue weighted by Gasteiger charge is 2.01. The normalized spacial score (nSPS) is 9.80. The van der Waals surface area contributed by atoms with Gasteiger partial charge in [-0.2, -0.15) is 0 Å². The van der Waals surface area contributed by atoms with Gasteiger partial charge in [0.05, 0.1) is 0 Å². The fourth-order valence-electron chi connectivity index (χ4n) is 4.10. The van der Waals surface area contributed by atoms with Gasteiger partial charge in [0.15, 0.2) is 0 Å². The summed E-state index contributed by atoms with van der Waals surface area (Å²) in [6.45, 7) is 15.4. The van der Waals surface area contributed by atoms with E-state index >= 15 is 0 Å². The molecule has 0 spiro atoms. The number of hydrogen-bond acceptors (Lipinski definition) is 3. The molecule has 0 unspecified atom stereocenters. The molecule has 0 bridgehead atoms. The molecule has 0 aromatic rings. The van der Waals surface area contributed by atoms with Crippen molar-refractivity contribution in [3.8, 4) is 0 Å². The molecule has 0 aromatic heterocycles. The average Bonchev–Trinajstić information content (AvgIpc) is 2.88. The van der Waals surface area contributed by atoms with E-state index in [0.717, 1.165) is 0 Å². The lowest BCUT2D eigenvalue weighted by Gasteiger charge is -2.21. The monoisotopic (exact) mass is 610 g/mol. The van der Waals surface area contributed by atoms with Crippen molar-refractivity contribution < 1.29 is 9.59 Å². The summed E-state index contributed by atoms with van der Waals surface area (Å²) in [5.74, 6) is 0. The molecule has 0 radical (unpaired) electrons. The third-order valence-electron chi connectivity index (χ3n) is 6.44. The van der Waals surface area contributed by atoms with E-state index in [4.69, 9.17) is 9.59 Å². The van der Waals surface area contributed by atoms with Crippen molar-refractivity contribution in [2.75, 3.05) is 19.6 Å². The van der Waals surface area contributed by atoms with E-state index in [-0.39, 0.29) is 7.43 Å². The second-order valence-electron chi connectivity index (χ2n) is 10.5. The summed E-state index contributed by atoms with van der Waals surface area (Å²) in [6.07, 6.45) is 31.5. The Morgan fingerprint density at radius 1 is 0.425 bits per heavy atom. The van der Waals surface area contributed by atoms with Crippen LogP contribution in [0.5, 0.6) is 0 Å². The predicted molar refractivity (Wildman–Crippen MR) is 190 cm³/mol. The molecule has 40 heavy (non-hydrogen) atoms. The third-order valence-corrected chi connectivity index (χ3v) is 6.44. The second kappa shape index (κ2) is 48.3. The van der Waals surface area contributed by atoms with E-state index in [2.05, 4.69) is 76.2 Å². The molecule has 0 rings (SSSR count). The van der Waals surface area contributed by atoms with Gasteiger partial charge in [0.1, 0.15) is 0 Å². The summed E-state index contributed by atoms with van der Waals surface area (Å²) in [5.41, 5.74) is 8.67. The van der Waals surface area contributed by atoms with Gasteiger partial charge in [0.25, 0.3) is 10.5 Å². The number of nitrogens with two attached hydrogens (primary N) is 2. The van der Waals surface area contributed by atoms with Crippen LogP contribution in [-0.2, 0) is 0 Å². The maximum atomic E-state index is 9.09. The van der Waals surface area contributed by atoms with Gasteiger partial charge in [-0.1, -0.05) is 189 Å². The number of carbonyl (C=O) groups excluding carboxylic acids is 2. The highest BCUT2D eigenvalue weighted by Crippen LogP contribution is 2.13. The summed E-state index contributed by atoms with van der Waals surface area (Å²) < 4.78 is 0. The lowest BCUT2D eigenvalue weighted by Crippen LogP contribution is -2.27. The topological polar surface area (TPSA) is 89.4 Å². The molecule has 0 saturated carbocycles. The van der Waals surface area contributed by atoms with Crippen LogP contribution in [0.3, 0.4) is 0 Å². The predicted octanol–water partition coefficient (Wildman–Crippen LogP) is 11.6. The van der Waals surface area contributed by atoms with E-state index < -0.39 is 10.5 Å². The molecule has 0 aromatic carbocycles. The Kier molecular flexibility index (Phi) is 59.6. The molecular weight excluding hydrogens is 535 g/mol. The van der Waals surface area contributed by atoms with E-state index in [0.29, 0.717) is 0 Å². The van der Waals surface area contributed by atoms with Gasteiger partial charge >= 0.3 is 0 Å². The first-order chi connectivity index (χ1) is 18.7. The van der Waals surface area contributed by atoms with Crippen molar-refractivity contribution in [2.24, 2.45) is 11.5 Å². The maximum Gasteiger partial charge on any atom is 0.273 e. The third kappa shape index (κ3) is 71.2. The minimum atomic E-state index is -0.639. The number of amides is 2. The zero-order chi connectivity index (χ0) is 30.4. The number of hydrogen-bond donors (Lipinski definition) is 4. The average molecular weight is 610 g/mol. The zero-order valence-electron chi connectivity index (χ0n) is 27.0. The molecule has 2 amide bonds. The lowest BCUT2D eigenvalue weighted by molar-refractivity contribution is 0.261. The SMILES string of the molecule is C.CCCCCCCCCCCCCCCCCC.CCCCN(CCCC)CCCC.NC(=O)S.NC(=O)S. The van der Waals surface area contributed by atoms with Crippen LogP contribution in [0.15, 0.2) is 0 Å². The van der Waals surface area contributed by atoms with Crippen LogP contribution >= 0.6 is 25.3 Å². The molecule has 5 nitrogen and oxygen atoms in total. The quantitative estimate of drug-likeness (QED) is 0.0648. The number of primary amides is 2. The Morgan fingerprint density at radius 3 is 0.725 bits per heavy atom. The molecular formula is C33H75N3O2S2. The number of thiol groups is 2. The Labute approximate surface area is 264 Å². The smallest absolute Gasteiger partial charge is 0.273 e. The first kappa shape index (κ1) is 49.3. The first-order valence-corrected chi connectivity index (χ1v) is 17.3. The first-order valence-electron chi connectivity index (χ1n) is 16.4. The molecule has 0 fully saturated rings. The van der Waals surface area contributed by atoms with Crippen molar-refractivity contribution in [2.45, 2.75) is 183 Å². The van der Waals surface area contributed by atoms with Gasteiger partial charge in [-0.05, 0) is 38.9 Å². The molecule has 246 valence electrons. The van der Waals surface area contributed by atoms with Crippen molar-refractivity contribution >= 4 is 35.7 Å². The van der Waals surface area contributed by atoms with Crippen LogP contribution in [0, 0.1) is 0 Å². The molecule has 0 aliphatic rings.